The molecule has 0 amide bonds. The molecule has 0 aromatic rings. The Hall–Kier alpha value is -2.16. The highest BCUT2D eigenvalue weighted by atomic mass is 16.7. The standard InChI is InChI=1S/C41H69NO13/c1-14-16-17-42(12)28-18-23(4)52-29(33(28)44)21-51-37-25(6)34(55-31-20-40(10,50-13)36(46)27(8)53-31)26(7)38(47)54-30(15-2)41(11,49)35(45)24(5)32(43)22(3)19-39(37,9)48/h1,22,24-31,33-37,44-46,48-49H,4,15-21H2,2-3,5-13H3/t22-,24+,25+,26-,27+,28+,29+,30-,31?,33-,34+,35-,36+,37-,39-,40-,41-/m1/s1. The lowest BCUT2D eigenvalue weighted by Gasteiger charge is -2.48. The lowest BCUT2D eigenvalue weighted by Crippen LogP contribution is -2.60. The van der Waals surface area contributed by atoms with Gasteiger partial charge in [0.05, 0.1) is 53.9 Å². The number of hydrogen-bond acceptors (Lipinski definition) is 14. The molecule has 0 bridgehead atoms. The Kier molecular flexibility index (Phi) is 16.4. The SMILES string of the molecule is C#CCCN(C)[C@H]1CC(=C)O[C@@H](CO[C@@H]2[C@@H](C)[C@H](OC3C[C@@](C)(OC)[C@@H](O)[C@H](C)O3)[C@@H](C)C(=O)O[C@H](CC)[C@@](C)(O)[C@H](O)[C@@H](C)C(=O)[C@H](C)C[C@@]2(C)O)[C@@H]1O. The molecule has 0 aromatic carbocycles. The molecule has 14 heteroatoms. The zero-order valence-corrected chi connectivity index (χ0v) is 34.8. The van der Waals surface area contributed by atoms with Gasteiger partial charge in [0.15, 0.2) is 6.29 Å². The van der Waals surface area contributed by atoms with Crippen molar-refractivity contribution in [3.8, 4) is 12.3 Å². The number of esters is 1. The molecule has 316 valence electrons. The van der Waals surface area contributed by atoms with E-state index >= 15 is 0 Å². The summed E-state index contributed by atoms with van der Waals surface area (Å²) >= 11 is 0. The van der Waals surface area contributed by atoms with Gasteiger partial charge < -0.3 is 54.0 Å². The Morgan fingerprint density at radius 2 is 1.64 bits per heavy atom. The van der Waals surface area contributed by atoms with E-state index in [1.54, 1.807) is 41.5 Å². The van der Waals surface area contributed by atoms with E-state index in [0.29, 0.717) is 25.1 Å². The van der Waals surface area contributed by atoms with Crippen LogP contribution in [-0.2, 0) is 38.0 Å². The molecule has 3 rings (SSSR count). The van der Waals surface area contributed by atoms with E-state index in [1.165, 1.54) is 27.9 Å². The Bertz CT molecular complexity index is 1350. The second-order valence-electron chi connectivity index (χ2n) is 17.0. The predicted molar refractivity (Wildman–Crippen MR) is 203 cm³/mol. The van der Waals surface area contributed by atoms with Gasteiger partial charge in [0.1, 0.15) is 35.8 Å². The fraction of sp³-hybridized carbons (Fsp3) is 0.854. The van der Waals surface area contributed by atoms with E-state index in [-0.39, 0.29) is 31.9 Å². The van der Waals surface area contributed by atoms with Crippen molar-refractivity contribution in [3.63, 3.8) is 0 Å². The van der Waals surface area contributed by atoms with Crippen molar-refractivity contribution >= 4 is 11.8 Å². The van der Waals surface area contributed by atoms with Gasteiger partial charge in [0, 0.05) is 56.7 Å². The van der Waals surface area contributed by atoms with Crippen LogP contribution in [0.2, 0.25) is 0 Å². The predicted octanol–water partition coefficient (Wildman–Crippen LogP) is 2.35. The van der Waals surface area contributed by atoms with Gasteiger partial charge in [-0.15, -0.1) is 12.3 Å². The summed E-state index contributed by atoms with van der Waals surface area (Å²) in [7, 11) is 3.33. The van der Waals surface area contributed by atoms with E-state index in [0.717, 1.165) is 0 Å². The van der Waals surface area contributed by atoms with Gasteiger partial charge >= 0.3 is 5.97 Å². The molecular weight excluding hydrogens is 714 g/mol. The van der Waals surface area contributed by atoms with Crippen LogP contribution in [0.1, 0.15) is 94.4 Å². The number of terminal acetylenes is 1. The van der Waals surface area contributed by atoms with Gasteiger partial charge in [-0.25, -0.2) is 0 Å². The van der Waals surface area contributed by atoms with Gasteiger partial charge in [-0.2, -0.15) is 0 Å². The third-order valence-electron chi connectivity index (χ3n) is 12.4. The number of aliphatic hydroxyl groups is 5. The zero-order valence-electron chi connectivity index (χ0n) is 34.8. The number of methoxy groups -OCH3 is 1. The molecule has 0 aliphatic carbocycles. The minimum atomic E-state index is -2.00. The molecule has 5 N–H and O–H groups in total. The van der Waals surface area contributed by atoms with Crippen LogP contribution in [0.25, 0.3) is 0 Å². The van der Waals surface area contributed by atoms with E-state index < -0.39 is 107 Å². The van der Waals surface area contributed by atoms with Crippen molar-refractivity contribution in [2.75, 3.05) is 27.3 Å². The van der Waals surface area contributed by atoms with Crippen molar-refractivity contribution in [1.82, 2.24) is 4.90 Å². The number of nitrogens with zero attached hydrogens (tertiary/aromatic N) is 1. The van der Waals surface area contributed by atoms with Crippen LogP contribution in [0.15, 0.2) is 12.3 Å². The fourth-order valence-corrected chi connectivity index (χ4v) is 8.76. The van der Waals surface area contributed by atoms with Crippen LogP contribution in [0.3, 0.4) is 0 Å². The first-order valence-corrected chi connectivity index (χ1v) is 19.7. The molecule has 55 heavy (non-hydrogen) atoms. The van der Waals surface area contributed by atoms with Crippen LogP contribution in [0, 0.1) is 36.0 Å². The van der Waals surface area contributed by atoms with E-state index in [4.69, 9.17) is 34.8 Å². The van der Waals surface area contributed by atoms with Crippen LogP contribution in [-0.4, -0.2) is 147 Å². The lowest BCUT2D eigenvalue weighted by molar-refractivity contribution is -0.301. The number of cyclic esters (lactones) is 1. The third kappa shape index (κ3) is 10.7. The molecule has 3 aliphatic heterocycles. The second-order valence-corrected chi connectivity index (χ2v) is 17.0. The molecule has 1 unspecified atom stereocenters. The maximum absolute atomic E-state index is 14.1. The molecule has 3 aliphatic rings. The molecule has 17 atom stereocenters. The number of ketones is 1. The summed E-state index contributed by atoms with van der Waals surface area (Å²) in [5.74, 6) is -1.93. The first kappa shape index (κ1) is 47.2. The summed E-state index contributed by atoms with van der Waals surface area (Å²) in [5, 5.41) is 57.8. The average Bonchev–Trinajstić information content (AvgIpc) is 3.12. The van der Waals surface area contributed by atoms with Crippen molar-refractivity contribution < 1.29 is 63.5 Å². The number of rotatable bonds is 10. The first-order chi connectivity index (χ1) is 25.5. The van der Waals surface area contributed by atoms with Gasteiger partial charge in [-0.3, -0.25) is 14.5 Å². The van der Waals surface area contributed by atoms with Gasteiger partial charge in [0.25, 0.3) is 0 Å². The lowest BCUT2D eigenvalue weighted by atomic mass is 9.74. The minimum Gasteiger partial charge on any atom is -0.490 e. The summed E-state index contributed by atoms with van der Waals surface area (Å²) in [5.41, 5.74) is -4.84. The van der Waals surface area contributed by atoms with Gasteiger partial charge in [-0.05, 0) is 54.5 Å². The van der Waals surface area contributed by atoms with Crippen LogP contribution < -0.4 is 0 Å². The number of likely N-dealkylation sites (N-methyl/N-ethyl adjacent to an activating group) is 1. The van der Waals surface area contributed by atoms with Crippen molar-refractivity contribution in [3.05, 3.63) is 12.3 Å². The molecule has 14 nitrogen and oxygen atoms in total. The van der Waals surface area contributed by atoms with Crippen molar-refractivity contribution in [2.45, 2.75) is 172 Å². The number of hydrogen-bond donors (Lipinski definition) is 5. The highest BCUT2D eigenvalue weighted by Gasteiger charge is 2.52. The Morgan fingerprint density at radius 3 is 2.22 bits per heavy atom. The topological polar surface area (TPSA) is 194 Å². The van der Waals surface area contributed by atoms with Crippen molar-refractivity contribution in [2.24, 2.45) is 23.7 Å². The summed E-state index contributed by atoms with van der Waals surface area (Å²) in [4.78, 5) is 29.9. The summed E-state index contributed by atoms with van der Waals surface area (Å²) in [6, 6.07) is -0.374. The molecular formula is C41H69NO13. The van der Waals surface area contributed by atoms with E-state index in [1.807, 2.05) is 11.9 Å². The van der Waals surface area contributed by atoms with Gasteiger partial charge in [0.2, 0.25) is 0 Å². The smallest absolute Gasteiger partial charge is 0.311 e. The maximum atomic E-state index is 14.1. The van der Waals surface area contributed by atoms with Gasteiger partial charge in [-0.1, -0.05) is 34.3 Å². The van der Waals surface area contributed by atoms with Crippen LogP contribution >= 0.6 is 0 Å². The number of carbonyl (C=O) groups is 2. The first-order valence-electron chi connectivity index (χ1n) is 19.7. The summed E-state index contributed by atoms with van der Waals surface area (Å²) in [6.07, 6.45) is -3.23. The van der Waals surface area contributed by atoms with Crippen LogP contribution in [0.4, 0.5) is 0 Å². The quantitative estimate of drug-likeness (QED) is 0.160. The molecule has 3 heterocycles. The Balaban J connectivity index is 2.12. The fourth-order valence-electron chi connectivity index (χ4n) is 8.76. The summed E-state index contributed by atoms with van der Waals surface area (Å²) in [6.45, 7) is 18.8. The average molecular weight is 784 g/mol. The second kappa shape index (κ2) is 19.1. The number of carbonyl (C=O) groups excluding carboxylic acids is 2. The summed E-state index contributed by atoms with van der Waals surface area (Å²) < 4.78 is 37.0. The largest absolute Gasteiger partial charge is 0.490 e. The Labute approximate surface area is 327 Å². The monoisotopic (exact) mass is 783 g/mol. The van der Waals surface area contributed by atoms with E-state index in [9.17, 15) is 35.1 Å². The molecule has 0 spiro atoms. The number of ether oxygens (including phenoxy) is 6. The van der Waals surface area contributed by atoms with Crippen molar-refractivity contribution in [1.29, 1.82) is 0 Å². The molecule has 0 saturated carbocycles. The van der Waals surface area contributed by atoms with Crippen LogP contribution in [0.5, 0.6) is 0 Å². The highest BCUT2D eigenvalue weighted by molar-refractivity contribution is 5.83. The maximum Gasteiger partial charge on any atom is 0.311 e. The highest BCUT2D eigenvalue weighted by Crippen LogP contribution is 2.40. The third-order valence-corrected chi connectivity index (χ3v) is 12.4. The number of Topliss-reactive ketones (excluding diaryl/α,β-unsaturated/α-hetero) is 1. The minimum absolute atomic E-state index is 0.0859. The molecule has 3 fully saturated rings. The van der Waals surface area contributed by atoms with E-state index in [2.05, 4.69) is 12.5 Å². The molecule has 3 saturated heterocycles. The molecule has 0 radical (unpaired) electrons. The molecule has 0 aromatic heterocycles. The zero-order chi connectivity index (χ0) is 41.8. The Morgan fingerprint density at radius 1 is 1.00 bits per heavy atom. The normalized spacial score (nSPS) is 45.3. The number of aliphatic hydroxyl groups excluding tert-OH is 3.